The molecule has 0 unspecified atom stereocenters. The molecule has 1 nitrogen and oxygen atoms in total. The highest BCUT2D eigenvalue weighted by Crippen LogP contribution is 2.29. The number of rotatable bonds is 1. The number of halogens is 1. The van der Waals surface area contributed by atoms with Gasteiger partial charge in [-0.1, -0.05) is 145 Å². The molecule has 0 saturated carbocycles. The van der Waals surface area contributed by atoms with Crippen LogP contribution in [0.2, 0.25) is 0 Å². The molecule has 0 heterocycles. The van der Waals surface area contributed by atoms with Crippen LogP contribution in [0.1, 0.15) is 79.0 Å². The lowest BCUT2D eigenvalue weighted by molar-refractivity contribution is 0.414. The Morgan fingerprint density at radius 2 is 1.08 bits per heavy atom. The lowest BCUT2D eigenvalue weighted by atomic mass is 9.84. The third-order valence-corrected chi connectivity index (χ3v) is 6.74. The largest absolute Gasteiger partial charge is 0.497 e. The van der Waals surface area contributed by atoms with Gasteiger partial charge in [0.05, 0.1) is 7.11 Å². The Morgan fingerprint density at radius 1 is 0.541 bits per heavy atom. The number of benzene rings is 4. The van der Waals surface area contributed by atoms with E-state index in [1.54, 1.807) is 7.11 Å². The van der Waals surface area contributed by atoms with Crippen molar-refractivity contribution >= 4 is 26.7 Å². The summed E-state index contributed by atoms with van der Waals surface area (Å²) in [5, 5.41) is 2.71. The predicted molar refractivity (Wildman–Crippen MR) is 167 cm³/mol. The molecule has 0 aliphatic carbocycles. The van der Waals surface area contributed by atoms with Crippen LogP contribution < -0.4 is 4.74 Å². The minimum Gasteiger partial charge on any atom is -0.497 e. The second kappa shape index (κ2) is 12.8. The third kappa shape index (κ3) is 9.67. The van der Waals surface area contributed by atoms with Gasteiger partial charge in [-0.2, -0.15) is 0 Å². The Labute approximate surface area is 234 Å². The van der Waals surface area contributed by atoms with Crippen LogP contribution in [0.4, 0.5) is 0 Å². The van der Waals surface area contributed by atoms with E-state index in [9.17, 15) is 0 Å². The van der Waals surface area contributed by atoms with Gasteiger partial charge in [0.1, 0.15) is 5.75 Å². The SMILES string of the molecule is CC(C)(C)c1cccc(Br)c1.CC(C)(C)c1cccc2ccccc12.COc1ccc(C(C)(C)C)cc1. The second-order valence-corrected chi connectivity index (χ2v) is 13.4. The van der Waals surface area contributed by atoms with Crippen LogP contribution >= 0.6 is 15.9 Å². The number of ether oxygens (including phenoxy) is 1. The highest BCUT2D eigenvalue weighted by molar-refractivity contribution is 9.10. The Balaban J connectivity index is 0.000000197. The fourth-order valence-corrected chi connectivity index (χ4v) is 4.32. The van der Waals surface area contributed by atoms with Crippen LogP contribution in [-0.2, 0) is 16.2 Å². The van der Waals surface area contributed by atoms with Crippen LogP contribution in [-0.4, -0.2) is 7.11 Å². The van der Waals surface area contributed by atoms with Gasteiger partial charge in [0, 0.05) is 4.47 Å². The van der Waals surface area contributed by atoms with Gasteiger partial charge < -0.3 is 4.74 Å². The smallest absolute Gasteiger partial charge is 0.118 e. The van der Waals surface area contributed by atoms with Crippen molar-refractivity contribution in [2.45, 2.75) is 78.6 Å². The van der Waals surface area contributed by atoms with Crippen LogP contribution in [0.25, 0.3) is 10.8 Å². The fraction of sp³-hybridized carbons (Fsp3) is 0.371. The molecule has 0 aromatic heterocycles. The Kier molecular flexibility index (Phi) is 10.6. The molecule has 0 aliphatic rings. The summed E-state index contributed by atoms with van der Waals surface area (Å²) in [6.45, 7) is 20.0. The molecule has 0 bridgehead atoms. The monoisotopic (exact) mass is 560 g/mol. The van der Waals surface area contributed by atoms with Crippen molar-refractivity contribution in [3.63, 3.8) is 0 Å². The van der Waals surface area contributed by atoms with E-state index in [0.29, 0.717) is 0 Å². The van der Waals surface area contributed by atoms with E-state index >= 15 is 0 Å². The first-order valence-electron chi connectivity index (χ1n) is 13.0. The summed E-state index contributed by atoms with van der Waals surface area (Å²) in [5.74, 6) is 0.919. The van der Waals surface area contributed by atoms with Crippen LogP contribution in [0.15, 0.2) is 95.5 Å². The predicted octanol–water partition coefficient (Wildman–Crippen LogP) is 10.9. The van der Waals surface area contributed by atoms with E-state index in [0.717, 1.165) is 10.2 Å². The molecule has 0 spiro atoms. The zero-order valence-corrected chi connectivity index (χ0v) is 26.0. The lowest BCUT2D eigenvalue weighted by Gasteiger charge is -2.21. The molecule has 198 valence electrons. The van der Waals surface area contributed by atoms with Crippen molar-refractivity contribution in [2.24, 2.45) is 0 Å². The van der Waals surface area contributed by atoms with Crippen LogP contribution in [0.3, 0.4) is 0 Å². The van der Waals surface area contributed by atoms with E-state index in [2.05, 4.69) is 157 Å². The van der Waals surface area contributed by atoms with Crippen molar-refractivity contribution in [1.82, 2.24) is 0 Å². The van der Waals surface area contributed by atoms with Crippen molar-refractivity contribution in [3.05, 3.63) is 112 Å². The van der Waals surface area contributed by atoms with Gasteiger partial charge in [-0.3, -0.25) is 0 Å². The van der Waals surface area contributed by atoms with E-state index in [-0.39, 0.29) is 16.2 Å². The van der Waals surface area contributed by atoms with Gasteiger partial charge in [0.25, 0.3) is 0 Å². The van der Waals surface area contributed by atoms with Gasteiger partial charge in [-0.25, -0.2) is 0 Å². The van der Waals surface area contributed by atoms with E-state index in [1.807, 2.05) is 12.1 Å². The molecule has 4 aromatic carbocycles. The average Bonchev–Trinajstić information content (AvgIpc) is 2.83. The Morgan fingerprint density at radius 3 is 1.57 bits per heavy atom. The van der Waals surface area contributed by atoms with Gasteiger partial charge in [0.2, 0.25) is 0 Å². The maximum atomic E-state index is 5.08. The molecule has 0 aliphatic heterocycles. The maximum absolute atomic E-state index is 5.08. The molecular formula is C35H45BrO. The summed E-state index contributed by atoms with van der Waals surface area (Å²) in [6.07, 6.45) is 0. The summed E-state index contributed by atoms with van der Waals surface area (Å²) in [4.78, 5) is 0. The molecular weight excluding hydrogens is 516 g/mol. The first-order valence-corrected chi connectivity index (χ1v) is 13.8. The molecule has 0 atom stereocenters. The van der Waals surface area contributed by atoms with Crippen molar-refractivity contribution < 1.29 is 4.74 Å². The highest BCUT2D eigenvalue weighted by Gasteiger charge is 2.16. The van der Waals surface area contributed by atoms with Crippen molar-refractivity contribution in [3.8, 4) is 5.75 Å². The second-order valence-electron chi connectivity index (χ2n) is 12.5. The average molecular weight is 562 g/mol. The zero-order chi connectivity index (χ0) is 27.9. The number of methoxy groups -OCH3 is 1. The quantitative estimate of drug-likeness (QED) is 0.225. The third-order valence-electron chi connectivity index (χ3n) is 6.24. The van der Waals surface area contributed by atoms with Gasteiger partial charge >= 0.3 is 0 Å². The molecule has 0 saturated heterocycles. The molecule has 2 heteroatoms. The number of fused-ring (bicyclic) bond motifs is 1. The van der Waals surface area contributed by atoms with Crippen molar-refractivity contribution in [1.29, 1.82) is 0 Å². The molecule has 0 amide bonds. The normalized spacial score (nSPS) is 11.6. The molecule has 0 N–H and O–H groups in total. The molecule has 4 aromatic rings. The standard InChI is InChI=1S/C14H16.C11H16O.C10H13Br/c1-14(2,3)13-10-6-8-11-7-4-5-9-12(11)13;1-11(2,3)9-5-7-10(12-4)8-6-9;1-10(2,3)8-5-4-6-9(11)7-8/h4-10H,1-3H3;5-8H,1-4H3;4-7H,1-3H3. The van der Waals surface area contributed by atoms with E-state index in [4.69, 9.17) is 4.74 Å². The summed E-state index contributed by atoms with van der Waals surface area (Å²) < 4.78 is 6.24. The zero-order valence-electron chi connectivity index (χ0n) is 24.4. The minimum absolute atomic E-state index is 0.223. The van der Waals surface area contributed by atoms with E-state index < -0.39 is 0 Å². The Bertz CT molecular complexity index is 1240. The highest BCUT2D eigenvalue weighted by atomic mass is 79.9. The number of hydrogen-bond donors (Lipinski definition) is 0. The topological polar surface area (TPSA) is 9.23 Å². The fourth-order valence-electron chi connectivity index (χ4n) is 3.93. The first kappa shape index (κ1) is 30.6. The molecule has 0 fully saturated rings. The Hall–Kier alpha value is -2.58. The first-order chi connectivity index (χ1) is 17.1. The summed E-state index contributed by atoms with van der Waals surface area (Å²) in [6, 6.07) is 31.8. The molecule has 4 rings (SSSR count). The summed E-state index contributed by atoms with van der Waals surface area (Å²) in [7, 11) is 1.69. The molecule has 37 heavy (non-hydrogen) atoms. The number of hydrogen-bond acceptors (Lipinski definition) is 1. The van der Waals surface area contributed by atoms with Crippen LogP contribution in [0.5, 0.6) is 5.75 Å². The van der Waals surface area contributed by atoms with Gasteiger partial charge in [0.15, 0.2) is 0 Å². The van der Waals surface area contributed by atoms with E-state index in [1.165, 1.54) is 27.5 Å². The summed E-state index contributed by atoms with van der Waals surface area (Å²) in [5.41, 5.74) is 4.84. The van der Waals surface area contributed by atoms with Gasteiger partial charge in [-0.15, -0.1) is 0 Å². The van der Waals surface area contributed by atoms with Crippen LogP contribution in [0, 0.1) is 0 Å². The maximum Gasteiger partial charge on any atom is 0.118 e. The minimum atomic E-state index is 0.223. The van der Waals surface area contributed by atoms with Crippen molar-refractivity contribution in [2.75, 3.05) is 7.11 Å². The lowest BCUT2D eigenvalue weighted by Crippen LogP contribution is -2.11. The summed E-state index contributed by atoms with van der Waals surface area (Å²) >= 11 is 3.45. The molecule has 0 radical (unpaired) electrons. The van der Waals surface area contributed by atoms with Gasteiger partial charge in [-0.05, 0) is 68.0 Å².